The summed E-state index contributed by atoms with van der Waals surface area (Å²) in [7, 11) is 0. The highest BCUT2D eigenvalue weighted by molar-refractivity contribution is 7.80. The lowest BCUT2D eigenvalue weighted by atomic mass is 10.2. The van der Waals surface area contributed by atoms with Crippen LogP contribution in [0.4, 0.5) is 5.69 Å². The second-order valence-corrected chi connectivity index (χ2v) is 5.87. The van der Waals surface area contributed by atoms with E-state index in [4.69, 9.17) is 17.2 Å². The highest BCUT2D eigenvalue weighted by atomic mass is 32.1. The molecular formula is C21H19N3S. The second-order valence-electron chi connectivity index (χ2n) is 5.46. The van der Waals surface area contributed by atoms with Crippen molar-refractivity contribution in [3.63, 3.8) is 0 Å². The zero-order valence-electron chi connectivity index (χ0n) is 13.7. The topological polar surface area (TPSA) is 36.4 Å². The van der Waals surface area contributed by atoms with Crippen LogP contribution >= 0.6 is 12.2 Å². The number of nitrogens with zero attached hydrogens (tertiary/aromatic N) is 1. The summed E-state index contributed by atoms with van der Waals surface area (Å²) in [4.78, 5) is 4.72. The number of amidine groups is 1. The summed E-state index contributed by atoms with van der Waals surface area (Å²) in [5.74, 6) is 0.748. The van der Waals surface area contributed by atoms with Gasteiger partial charge < -0.3 is 10.6 Å². The monoisotopic (exact) mass is 345 g/mol. The van der Waals surface area contributed by atoms with E-state index in [0.29, 0.717) is 11.7 Å². The van der Waals surface area contributed by atoms with Crippen LogP contribution in [0, 0.1) is 0 Å². The third kappa shape index (κ3) is 5.26. The van der Waals surface area contributed by atoms with Gasteiger partial charge in [-0.3, -0.25) is 4.99 Å². The Balaban J connectivity index is 1.75. The molecule has 3 nitrogen and oxygen atoms in total. The van der Waals surface area contributed by atoms with Gasteiger partial charge in [-0.2, -0.15) is 0 Å². The normalized spacial score (nSPS) is 11.0. The molecule has 0 saturated heterocycles. The van der Waals surface area contributed by atoms with Crippen molar-refractivity contribution < 1.29 is 0 Å². The molecule has 0 aliphatic rings. The maximum atomic E-state index is 5.44. The highest BCUT2D eigenvalue weighted by Gasteiger charge is 2.06. The summed E-state index contributed by atoms with van der Waals surface area (Å²) < 4.78 is 0. The summed E-state index contributed by atoms with van der Waals surface area (Å²) in [6.07, 6.45) is 0. The van der Waals surface area contributed by atoms with Gasteiger partial charge in [0.15, 0.2) is 5.11 Å². The molecule has 0 heterocycles. The minimum atomic E-state index is 0.516. The predicted molar refractivity (Wildman–Crippen MR) is 109 cm³/mol. The van der Waals surface area contributed by atoms with E-state index in [-0.39, 0.29) is 0 Å². The minimum absolute atomic E-state index is 0.516. The number of rotatable bonds is 4. The molecule has 3 aromatic rings. The summed E-state index contributed by atoms with van der Waals surface area (Å²) in [6.45, 7) is 0.589. The number of aliphatic imine (C=N–C) groups is 1. The molecule has 0 bridgehead atoms. The first kappa shape index (κ1) is 16.9. The first-order valence-electron chi connectivity index (χ1n) is 8.08. The van der Waals surface area contributed by atoms with Crippen LogP contribution in [0.1, 0.15) is 11.1 Å². The maximum Gasteiger partial charge on any atom is 0.176 e. The molecule has 0 atom stereocenters. The van der Waals surface area contributed by atoms with E-state index in [9.17, 15) is 0 Å². The standard InChI is InChI=1S/C21H19N3S/c25-21(23-19-14-8-3-9-15-19)24-20(18-12-6-2-7-13-18)22-16-17-10-4-1-5-11-17/h1-15H,16H2,(H2,22,23,24,25). The van der Waals surface area contributed by atoms with Crippen LogP contribution < -0.4 is 10.6 Å². The fraction of sp³-hybridized carbons (Fsp3) is 0.0476. The maximum absolute atomic E-state index is 5.44. The lowest BCUT2D eigenvalue weighted by Crippen LogP contribution is -2.35. The largest absolute Gasteiger partial charge is 0.332 e. The SMILES string of the molecule is S=C(NC(=NCc1ccccc1)c1ccccc1)Nc1ccccc1. The Morgan fingerprint density at radius 1 is 0.760 bits per heavy atom. The molecule has 25 heavy (non-hydrogen) atoms. The Labute approximate surface area is 153 Å². The molecular weight excluding hydrogens is 326 g/mol. The molecule has 2 N–H and O–H groups in total. The van der Waals surface area contributed by atoms with Crippen LogP contribution in [-0.4, -0.2) is 10.9 Å². The van der Waals surface area contributed by atoms with E-state index in [2.05, 4.69) is 22.8 Å². The summed E-state index contributed by atoms with van der Waals surface area (Å²) >= 11 is 5.44. The molecule has 3 rings (SSSR count). The fourth-order valence-electron chi connectivity index (χ4n) is 2.34. The summed E-state index contributed by atoms with van der Waals surface area (Å²) in [6, 6.07) is 30.0. The van der Waals surface area contributed by atoms with E-state index >= 15 is 0 Å². The van der Waals surface area contributed by atoms with Crippen molar-refractivity contribution in [2.45, 2.75) is 6.54 Å². The number of nitrogens with one attached hydrogen (secondary N) is 2. The fourth-order valence-corrected chi connectivity index (χ4v) is 2.56. The van der Waals surface area contributed by atoms with E-state index in [1.54, 1.807) is 0 Å². The zero-order chi connectivity index (χ0) is 17.3. The van der Waals surface area contributed by atoms with Gasteiger partial charge in [-0.05, 0) is 29.9 Å². The van der Waals surface area contributed by atoms with Gasteiger partial charge in [-0.15, -0.1) is 0 Å². The van der Waals surface area contributed by atoms with Gasteiger partial charge in [-0.1, -0.05) is 78.9 Å². The average Bonchev–Trinajstić information content (AvgIpc) is 2.67. The lowest BCUT2D eigenvalue weighted by Gasteiger charge is -2.13. The van der Waals surface area contributed by atoms with Crippen molar-refractivity contribution >= 4 is 28.9 Å². The van der Waals surface area contributed by atoms with Crippen LogP contribution in [0.15, 0.2) is 96.0 Å². The van der Waals surface area contributed by atoms with Crippen LogP contribution in [0.2, 0.25) is 0 Å². The Kier molecular flexibility index (Phi) is 5.91. The van der Waals surface area contributed by atoms with E-state index in [1.807, 2.05) is 78.9 Å². The Bertz CT molecular complexity index is 831. The number of benzene rings is 3. The lowest BCUT2D eigenvalue weighted by molar-refractivity contribution is 1.05. The number of thiocarbonyl (C=S) groups is 1. The molecule has 0 amide bonds. The molecule has 0 aromatic heterocycles. The molecule has 0 spiro atoms. The Morgan fingerprint density at radius 3 is 1.96 bits per heavy atom. The molecule has 0 fully saturated rings. The van der Waals surface area contributed by atoms with Gasteiger partial charge in [0.1, 0.15) is 5.84 Å². The van der Waals surface area contributed by atoms with Gasteiger partial charge in [-0.25, -0.2) is 0 Å². The van der Waals surface area contributed by atoms with Crippen molar-refractivity contribution in [1.29, 1.82) is 0 Å². The number of hydrogen-bond donors (Lipinski definition) is 2. The summed E-state index contributed by atoms with van der Waals surface area (Å²) in [5.41, 5.74) is 3.09. The third-order valence-electron chi connectivity index (χ3n) is 3.57. The van der Waals surface area contributed by atoms with Gasteiger partial charge in [0.05, 0.1) is 6.54 Å². The van der Waals surface area contributed by atoms with E-state index in [0.717, 1.165) is 22.6 Å². The molecule has 0 aliphatic heterocycles. The molecule has 4 heteroatoms. The predicted octanol–water partition coefficient (Wildman–Crippen LogP) is 4.62. The quantitative estimate of drug-likeness (QED) is 0.411. The zero-order valence-corrected chi connectivity index (χ0v) is 14.5. The Hall–Kier alpha value is -2.98. The first-order chi connectivity index (χ1) is 12.3. The van der Waals surface area contributed by atoms with Crippen molar-refractivity contribution in [1.82, 2.24) is 5.32 Å². The van der Waals surface area contributed by atoms with Crippen LogP contribution in [0.3, 0.4) is 0 Å². The van der Waals surface area contributed by atoms with Crippen molar-refractivity contribution in [3.8, 4) is 0 Å². The smallest absolute Gasteiger partial charge is 0.176 e. The van der Waals surface area contributed by atoms with Crippen LogP contribution in [0.5, 0.6) is 0 Å². The van der Waals surface area contributed by atoms with Crippen LogP contribution in [0.25, 0.3) is 0 Å². The van der Waals surface area contributed by atoms with Crippen molar-refractivity contribution in [2.75, 3.05) is 5.32 Å². The highest BCUT2D eigenvalue weighted by Crippen LogP contribution is 2.07. The number of para-hydroxylation sites is 1. The first-order valence-corrected chi connectivity index (χ1v) is 8.49. The molecule has 3 aromatic carbocycles. The minimum Gasteiger partial charge on any atom is -0.332 e. The number of anilines is 1. The van der Waals surface area contributed by atoms with E-state index in [1.165, 1.54) is 0 Å². The van der Waals surface area contributed by atoms with Gasteiger partial charge >= 0.3 is 0 Å². The Morgan fingerprint density at radius 2 is 1.32 bits per heavy atom. The van der Waals surface area contributed by atoms with Gasteiger partial charge in [0.25, 0.3) is 0 Å². The molecule has 0 aliphatic carbocycles. The third-order valence-corrected chi connectivity index (χ3v) is 3.78. The van der Waals surface area contributed by atoms with Gasteiger partial charge in [0, 0.05) is 11.3 Å². The molecule has 124 valence electrons. The van der Waals surface area contributed by atoms with Crippen LogP contribution in [-0.2, 0) is 6.54 Å². The van der Waals surface area contributed by atoms with E-state index < -0.39 is 0 Å². The number of hydrogen-bond acceptors (Lipinski definition) is 2. The van der Waals surface area contributed by atoms with Gasteiger partial charge in [0.2, 0.25) is 0 Å². The molecule has 0 unspecified atom stereocenters. The summed E-state index contributed by atoms with van der Waals surface area (Å²) in [5, 5.41) is 6.92. The molecule has 0 radical (unpaired) electrons. The van der Waals surface area contributed by atoms with Crippen molar-refractivity contribution in [2.24, 2.45) is 4.99 Å². The second kappa shape index (κ2) is 8.76. The average molecular weight is 345 g/mol. The van der Waals surface area contributed by atoms with Crippen molar-refractivity contribution in [3.05, 3.63) is 102 Å². The molecule has 0 saturated carbocycles.